The first kappa shape index (κ1) is 15.6. The number of methoxy groups -OCH3 is 1. The first-order valence-corrected chi connectivity index (χ1v) is 7.76. The number of ether oxygens (including phenoxy) is 2. The number of hydrogen-bond acceptors (Lipinski definition) is 3. The average Bonchev–Trinajstić information content (AvgIpc) is 2.54. The monoisotopic (exact) mass is 348 g/mol. The summed E-state index contributed by atoms with van der Waals surface area (Å²) in [5.74, 6) is 0.581. The number of alkyl halides is 1. The van der Waals surface area contributed by atoms with Gasteiger partial charge in [0.05, 0.1) is 13.5 Å². The van der Waals surface area contributed by atoms with E-state index in [9.17, 15) is 4.79 Å². The standard InChI is InChI=1S/C17H17BrO3/c1-20-17(19)10-14-7-8-16(15(9-14)11-18)21-12-13-5-3-2-4-6-13/h2-9H,10-12H2,1H3. The lowest BCUT2D eigenvalue weighted by molar-refractivity contribution is -0.139. The Morgan fingerprint density at radius 1 is 1.10 bits per heavy atom. The lowest BCUT2D eigenvalue weighted by atomic mass is 10.1. The van der Waals surface area contributed by atoms with E-state index in [4.69, 9.17) is 4.74 Å². The highest BCUT2D eigenvalue weighted by atomic mass is 79.9. The van der Waals surface area contributed by atoms with Crippen molar-refractivity contribution in [2.45, 2.75) is 18.4 Å². The molecule has 2 aromatic carbocycles. The summed E-state index contributed by atoms with van der Waals surface area (Å²) in [5, 5.41) is 0.673. The highest BCUT2D eigenvalue weighted by Gasteiger charge is 2.08. The molecule has 21 heavy (non-hydrogen) atoms. The molecule has 0 aliphatic rings. The van der Waals surface area contributed by atoms with Gasteiger partial charge in [-0.3, -0.25) is 4.79 Å². The fraction of sp³-hybridized carbons (Fsp3) is 0.235. The van der Waals surface area contributed by atoms with Crippen LogP contribution in [0.2, 0.25) is 0 Å². The van der Waals surface area contributed by atoms with Crippen LogP contribution in [0.3, 0.4) is 0 Å². The van der Waals surface area contributed by atoms with Gasteiger partial charge in [0.15, 0.2) is 0 Å². The van der Waals surface area contributed by atoms with Gasteiger partial charge in [-0.1, -0.05) is 58.4 Å². The lowest BCUT2D eigenvalue weighted by Gasteiger charge is -2.11. The Kier molecular flexibility index (Phi) is 5.81. The molecule has 4 heteroatoms. The number of carbonyl (C=O) groups is 1. The van der Waals surface area contributed by atoms with Crippen LogP contribution in [-0.2, 0) is 27.9 Å². The minimum Gasteiger partial charge on any atom is -0.489 e. The molecule has 0 spiro atoms. The van der Waals surface area contributed by atoms with Crippen LogP contribution in [0.25, 0.3) is 0 Å². The number of carbonyl (C=O) groups excluding carboxylic acids is 1. The molecule has 3 nitrogen and oxygen atoms in total. The third-order valence-corrected chi connectivity index (χ3v) is 3.69. The van der Waals surface area contributed by atoms with Gasteiger partial charge < -0.3 is 9.47 Å². The van der Waals surface area contributed by atoms with Gasteiger partial charge in [-0.25, -0.2) is 0 Å². The van der Waals surface area contributed by atoms with Gasteiger partial charge in [-0.05, 0) is 17.2 Å². The summed E-state index contributed by atoms with van der Waals surface area (Å²) in [6.07, 6.45) is 0.273. The summed E-state index contributed by atoms with van der Waals surface area (Å²) in [7, 11) is 1.39. The van der Waals surface area contributed by atoms with Crippen LogP contribution in [0.5, 0.6) is 5.75 Å². The Bertz CT molecular complexity index is 596. The van der Waals surface area contributed by atoms with Gasteiger partial charge in [0, 0.05) is 10.9 Å². The number of halogens is 1. The van der Waals surface area contributed by atoms with Gasteiger partial charge >= 0.3 is 5.97 Å². The molecular formula is C17H17BrO3. The van der Waals surface area contributed by atoms with E-state index in [-0.39, 0.29) is 12.4 Å². The van der Waals surface area contributed by atoms with Crippen molar-refractivity contribution in [2.24, 2.45) is 0 Å². The third kappa shape index (κ3) is 4.60. The molecule has 0 atom stereocenters. The van der Waals surface area contributed by atoms with E-state index in [1.807, 2.05) is 48.5 Å². The fourth-order valence-corrected chi connectivity index (χ4v) is 2.40. The molecule has 0 aliphatic heterocycles. The minimum atomic E-state index is -0.242. The number of hydrogen-bond donors (Lipinski definition) is 0. The molecule has 0 fully saturated rings. The molecule has 0 saturated carbocycles. The van der Waals surface area contributed by atoms with Crippen molar-refractivity contribution < 1.29 is 14.3 Å². The van der Waals surface area contributed by atoms with Crippen LogP contribution in [0, 0.1) is 0 Å². The Labute approximate surface area is 133 Å². The average molecular weight is 349 g/mol. The predicted octanol–water partition coefficient (Wildman–Crippen LogP) is 3.88. The first-order chi connectivity index (χ1) is 10.2. The fourth-order valence-electron chi connectivity index (χ4n) is 1.96. The van der Waals surface area contributed by atoms with E-state index in [0.29, 0.717) is 11.9 Å². The molecule has 0 radical (unpaired) electrons. The van der Waals surface area contributed by atoms with Crippen molar-refractivity contribution in [3.05, 3.63) is 65.2 Å². The van der Waals surface area contributed by atoms with Crippen LogP contribution in [0.4, 0.5) is 0 Å². The topological polar surface area (TPSA) is 35.5 Å². The van der Waals surface area contributed by atoms with Gasteiger partial charge in [0.2, 0.25) is 0 Å². The molecule has 0 unspecified atom stereocenters. The van der Waals surface area contributed by atoms with E-state index < -0.39 is 0 Å². The number of rotatable bonds is 6. The van der Waals surface area contributed by atoms with Crippen molar-refractivity contribution in [3.63, 3.8) is 0 Å². The maximum absolute atomic E-state index is 11.3. The second-order valence-corrected chi connectivity index (χ2v) is 5.16. The molecule has 0 bridgehead atoms. The number of esters is 1. The van der Waals surface area contributed by atoms with Gasteiger partial charge in [-0.2, -0.15) is 0 Å². The first-order valence-electron chi connectivity index (χ1n) is 6.64. The Morgan fingerprint density at radius 3 is 2.52 bits per heavy atom. The molecule has 0 saturated heterocycles. The highest BCUT2D eigenvalue weighted by molar-refractivity contribution is 9.08. The zero-order valence-corrected chi connectivity index (χ0v) is 13.4. The highest BCUT2D eigenvalue weighted by Crippen LogP contribution is 2.24. The van der Waals surface area contributed by atoms with Gasteiger partial charge in [-0.15, -0.1) is 0 Å². The molecule has 0 aliphatic carbocycles. The lowest BCUT2D eigenvalue weighted by Crippen LogP contribution is -2.05. The quantitative estimate of drug-likeness (QED) is 0.587. The van der Waals surface area contributed by atoms with Crippen molar-refractivity contribution in [1.29, 1.82) is 0 Å². The third-order valence-electron chi connectivity index (χ3n) is 3.08. The van der Waals surface area contributed by atoms with Crippen LogP contribution in [-0.4, -0.2) is 13.1 Å². The maximum atomic E-state index is 11.3. The normalized spacial score (nSPS) is 10.2. The largest absolute Gasteiger partial charge is 0.489 e. The van der Waals surface area contributed by atoms with Crippen LogP contribution in [0.15, 0.2) is 48.5 Å². The summed E-state index contributed by atoms with van der Waals surface area (Å²) < 4.78 is 10.5. The minimum absolute atomic E-state index is 0.242. The number of benzene rings is 2. The van der Waals surface area contributed by atoms with Gasteiger partial charge in [0.25, 0.3) is 0 Å². The summed E-state index contributed by atoms with van der Waals surface area (Å²) >= 11 is 3.46. The van der Waals surface area contributed by atoms with E-state index >= 15 is 0 Å². The van der Waals surface area contributed by atoms with Crippen LogP contribution in [0.1, 0.15) is 16.7 Å². The summed E-state index contributed by atoms with van der Waals surface area (Å²) in [4.78, 5) is 11.3. The molecule has 0 heterocycles. The summed E-state index contributed by atoms with van der Waals surface area (Å²) in [6.45, 7) is 0.525. The zero-order valence-electron chi connectivity index (χ0n) is 11.8. The molecular weight excluding hydrogens is 332 g/mol. The summed E-state index contributed by atoms with van der Waals surface area (Å²) in [5.41, 5.74) is 3.06. The van der Waals surface area contributed by atoms with E-state index in [1.54, 1.807) is 0 Å². The molecule has 110 valence electrons. The zero-order chi connectivity index (χ0) is 15.1. The molecule has 2 aromatic rings. The second kappa shape index (κ2) is 7.84. The van der Waals surface area contributed by atoms with Crippen LogP contribution >= 0.6 is 15.9 Å². The van der Waals surface area contributed by atoms with E-state index in [0.717, 1.165) is 22.4 Å². The second-order valence-electron chi connectivity index (χ2n) is 4.60. The van der Waals surface area contributed by atoms with E-state index in [2.05, 4.69) is 20.7 Å². The van der Waals surface area contributed by atoms with Gasteiger partial charge in [0.1, 0.15) is 12.4 Å². The molecule has 2 rings (SSSR count). The van der Waals surface area contributed by atoms with Crippen molar-refractivity contribution in [2.75, 3.05) is 7.11 Å². The van der Waals surface area contributed by atoms with Crippen molar-refractivity contribution >= 4 is 21.9 Å². The van der Waals surface area contributed by atoms with Crippen molar-refractivity contribution in [3.8, 4) is 5.75 Å². The van der Waals surface area contributed by atoms with Crippen LogP contribution < -0.4 is 4.74 Å². The molecule has 0 amide bonds. The van der Waals surface area contributed by atoms with E-state index in [1.165, 1.54) is 7.11 Å². The van der Waals surface area contributed by atoms with Crippen molar-refractivity contribution in [1.82, 2.24) is 0 Å². The molecule has 0 aromatic heterocycles. The SMILES string of the molecule is COC(=O)Cc1ccc(OCc2ccccc2)c(CBr)c1. The Balaban J connectivity index is 2.07. The Hall–Kier alpha value is -1.81. The molecule has 0 N–H and O–H groups in total. The summed E-state index contributed by atoms with van der Waals surface area (Å²) in [6, 6.07) is 15.8. The Morgan fingerprint density at radius 2 is 1.86 bits per heavy atom. The maximum Gasteiger partial charge on any atom is 0.309 e. The predicted molar refractivity (Wildman–Crippen MR) is 85.6 cm³/mol. The smallest absolute Gasteiger partial charge is 0.309 e.